The van der Waals surface area contributed by atoms with Crippen molar-refractivity contribution in [3.63, 3.8) is 0 Å². The van der Waals surface area contributed by atoms with E-state index in [0.29, 0.717) is 12.2 Å². The highest BCUT2D eigenvalue weighted by molar-refractivity contribution is 7.92. The lowest BCUT2D eigenvalue weighted by molar-refractivity contribution is -0.136. The van der Waals surface area contributed by atoms with E-state index in [4.69, 9.17) is 5.11 Å². The average molecular weight is 309 g/mol. The number of anilines is 1. The normalized spacial score (nSPS) is 11.2. The molecule has 21 heavy (non-hydrogen) atoms. The minimum Gasteiger partial charge on any atom is -0.481 e. The second-order valence-corrected chi connectivity index (χ2v) is 6.34. The minimum absolute atomic E-state index is 0.415. The molecule has 2 N–H and O–H groups in total. The molecule has 2 rings (SSSR count). The lowest BCUT2D eigenvalue weighted by Gasteiger charge is -2.09. The van der Waals surface area contributed by atoms with Gasteiger partial charge in [0.05, 0.1) is 18.5 Å². The van der Waals surface area contributed by atoms with Crippen LogP contribution in [0.3, 0.4) is 0 Å². The molecule has 2 aromatic rings. The van der Waals surface area contributed by atoms with E-state index in [1.165, 1.54) is 0 Å². The molecule has 1 aromatic heterocycles. The Kier molecular flexibility index (Phi) is 4.59. The fourth-order valence-corrected chi connectivity index (χ4v) is 2.81. The van der Waals surface area contributed by atoms with Crippen LogP contribution >= 0.6 is 0 Å². The van der Waals surface area contributed by atoms with Crippen LogP contribution < -0.4 is 4.72 Å². The minimum atomic E-state index is -3.66. The molecule has 0 unspecified atom stereocenters. The predicted molar refractivity (Wildman–Crippen MR) is 77.4 cm³/mol. The second kappa shape index (κ2) is 6.40. The van der Waals surface area contributed by atoms with Crippen molar-refractivity contribution in [1.82, 2.24) is 9.55 Å². The standard InChI is InChI=1S/C13H15N3O4S/c17-13(18)4-7-21(19,20)15-12-3-1-2-11(8-12)9-16-6-5-14-10-16/h1-3,5-6,8,10,15H,4,7,9H2,(H,17,18). The van der Waals surface area contributed by atoms with E-state index in [0.717, 1.165) is 5.56 Å². The Morgan fingerprint density at radius 3 is 2.86 bits per heavy atom. The van der Waals surface area contributed by atoms with Crippen molar-refractivity contribution in [3.05, 3.63) is 48.5 Å². The molecule has 112 valence electrons. The zero-order valence-electron chi connectivity index (χ0n) is 11.1. The van der Waals surface area contributed by atoms with E-state index in [1.54, 1.807) is 30.7 Å². The number of rotatable bonds is 7. The largest absolute Gasteiger partial charge is 0.481 e. The van der Waals surface area contributed by atoms with Gasteiger partial charge in [-0.25, -0.2) is 13.4 Å². The Morgan fingerprint density at radius 1 is 1.38 bits per heavy atom. The van der Waals surface area contributed by atoms with E-state index in [9.17, 15) is 13.2 Å². The first-order valence-electron chi connectivity index (χ1n) is 6.21. The maximum Gasteiger partial charge on any atom is 0.304 e. The summed E-state index contributed by atoms with van der Waals surface area (Å²) in [6, 6.07) is 6.93. The zero-order valence-corrected chi connectivity index (χ0v) is 12.0. The molecule has 1 heterocycles. The number of nitrogens with zero attached hydrogens (tertiary/aromatic N) is 2. The fraction of sp³-hybridized carbons (Fsp3) is 0.231. The number of nitrogens with one attached hydrogen (secondary N) is 1. The van der Waals surface area contributed by atoms with Gasteiger partial charge in [-0.2, -0.15) is 0 Å². The number of sulfonamides is 1. The molecule has 0 bridgehead atoms. The smallest absolute Gasteiger partial charge is 0.304 e. The molecular formula is C13H15N3O4S. The first kappa shape index (κ1) is 15.0. The van der Waals surface area contributed by atoms with Crippen molar-refractivity contribution in [3.8, 4) is 0 Å². The summed E-state index contributed by atoms with van der Waals surface area (Å²) >= 11 is 0. The van der Waals surface area contributed by atoms with E-state index in [-0.39, 0.29) is 0 Å². The van der Waals surface area contributed by atoms with Gasteiger partial charge in [-0.1, -0.05) is 12.1 Å². The van der Waals surface area contributed by atoms with Gasteiger partial charge in [0.25, 0.3) is 0 Å². The fourth-order valence-electron chi connectivity index (χ4n) is 1.78. The molecule has 0 saturated carbocycles. The molecule has 0 fully saturated rings. The maximum absolute atomic E-state index is 11.7. The first-order valence-corrected chi connectivity index (χ1v) is 7.87. The van der Waals surface area contributed by atoms with E-state index in [1.807, 2.05) is 16.8 Å². The Bertz CT molecular complexity index is 711. The molecule has 0 saturated heterocycles. The van der Waals surface area contributed by atoms with Gasteiger partial charge < -0.3 is 9.67 Å². The molecule has 0 spiro atoms. The number of carbonyl (C=O) groups is 1. The van der Waals surface area contributed by atoms with E-state index >= 15 is 0 Å². The highest BCUT2D eigenvalue weighted by Crippen LogP contribution is 2.14. The summed E-state index contributed by atoms with van der Waals surface area (Å²) in [5.41, 5.74) is 1.32. The highest BCUT2D eigenvalue weighted by Gasteiger charge is 2.13. The molecule has 0 atom stereocenters. The molecule has 8 heteroatoms. The lowest BCUT2D eigenvalue weighted by Crippen LogP contribution is -2.19. The molecule has 0 aliphatic rings. The topological polar surface area (TPSA) is 101 Å². The lowest BCUT2D eigenvalue weighted by atomic mass is 10.2. The van der Waals surface area contributed by atoms with Gasteiger partial charge >= 0.3 is 5.97 Å². The third-order valence-electron chi connectivity index (χ3n) is 2.71. The summed E-state index contributed by atoms with van der Waals surface area (Å²) in [6.07, 6.45) is 4.72. The summed E-state index contributed by atoms with van der Waals surface area (Å²) in [5, 5.41) is 8.53. The number of aromatic nitrogens is 2. The van der Waals surface area contributed by atoms with Gasteiger partial charge in [0.2, 0.25) is 10.0 Å². The van der Waals surface area contributed by atoms with Gasteiger partial charge in [-0.3, -0.25) is 9.52 Å². The van der Waals surface area contributed by atoms with Crippen molar-refractivity contribution in [2.45, 2.75) is 13.0 Å². The molecular weight excluding hydrogens is 294 g/mol. The third kappa shape index (κ3) is 4.92. The van der Waals surface area contributed by atoms with Crippen LogP contribution in [0.5, 0.6) is 0 Å². The van der Waals surface area contributed by atoms with Gasteiger partial charge in [0.15, 0.2) is 0 Å². The summed E-state index contributed by atoms with van der Waals surface area (Å²) < 4.78 is 27.7. The van der Waals surface area contributed by atoms with E-state index < -0.39 is 28.2 Å². The molecule has 0 amide bonds. The van der Waals surface area contributed by atoms with Gasteiger partial charge in [-0.05, 0) is 17.7 Å². The summed E-state index contributed by atoms with van der Waals surface area (Å²) in [7, 11) is -3.66. The Morgan fingerprint density at radius 2 is 2.19 bits per heavy atom. The van der Waals surface area contributed by atoms with Crippen LogP contribution in [0.4, 0.5) is 5.69 Å². The maximum atomic E-state index is 11.7. The summed E-state index contributed by atoms with van der Waals surface area (Å²) in [6.45, 7) is 0.574. The van der Waals surface area contributed by atoms with Crippen LogP contribution in [-0.2, 0) is 21.4 Å². The van der Waals surface area contributed by atoms with Crippen LogP contribution in [0.1, 0.15) is 12.0 Å². The van der Waals surface area contributed by atoms with Crippen LogP contribution in [0, 0.1) is 0 Å². The Balaban J connectivity index is 2.05. The first-order chi connectivity index (χ1) is 9.94. The number of imidazole rings is 1. The number of aliphatic carboxylic acids is 1. The third-order valence-corrected chi connectivity index (χ3v) is 4.00. The Hall–Kier alpha value is -2.35. The Labute approximate surface area is 122 Å². The number of carboxylic acid groups (broad SMARTS) is 1. The van der Waals surface area contributed by atoms with Crippen LogP contribution in [-0.4, -0.2) is 34.8 Å². The quantitative estimate of drug-likeness (QED) is 0.799. The van der Waals surface area contributed by atoms with Crippen LogP contribution in [0.2, 0.25) is 0 Å². The zero-order chi connectivity index (χ0) is 15.3. The number of hydrogen-bond donors (Lipinski definition) is 2. The number of hydrogen-bond acceptors (Lipinski definition) is 4. The van der Waals surface area contributed by atoms with Crippen molar-refractivity contribution < 1.29 is 18.3 Å². The molecule has 1 aromatic carbocycles. The highest BCUT2D eigenvalue weighted by atomic mass is 32.2. The summed E-state index contributed by atoms with van der Waals surface area (Å²) in [4.78, 5) is 14.4. The predicted octanol–water partition coefficient (Wildman–Crippen LogP) is 1.15. The SMILES string of the molecule is O=C(O)CCS(=O)(=O)Nc1cccc(Cn2ccnc2)c1. The monoisotopic (exact) mass is 309 g/mol. The van der Waals surface area contributed by atoms with Crippen LogP contribution in [0.15, 0.2) is 43.0 Å². The summed E-state index contributed by atoms with van der Waals surface area (Å²) in [5.74, 6) is -1.59. The van der Waals surface area contributed by atoms with Crippen LogP contribution in [0.25, 0.3) is 0 Å². The van der Waals surface area contributed by atoms with Crippen molar-refractivity contribution in [2.24, 2.45) is 0 Å². The van der Waals surface area contributed by atoms with Gasteiger partial charge in [0, 0.05) is 24.6 Å². The number of carboxylic acids is 1. The number of benzene rings is 1. The molecule has 7 nitrogen and oxygen atoms in total. The molecule has 0 aliphatic heterocycles. The van der Waals surface area contributed by atoms with Crippen molar-refractivity contribution in [1.29, 1.82) is 0 Å². The van der Waals surface area contributed by atoms with Gasteiger partial charge in [-0.15, -0.1) is 0 Å². The molecule has 0 aliphatic carbocycles. The van der Waals surface area contributed by atoms with Crippen molar-refractivity contribution >= 4 is 21.7 Å². The van der Waals surface area contributed by atoms with Gasteiger partial charge in [0.1, 0.15) is 0 Å². The molecule has 0 radical (unpaired) electrons. The second-order valence-electron chi connectivity index (χ2n) is 4.50. The van der Waals surface area contributed by atoms with Crippen molar-refractivity contribution in [2.75, 3.05) is 10.5 Å². The average Bonchev–Trinajstić information content (AvgIpc) is 2.89. The van der Waals surface area contributed by atoms with E-state index in [2.05, 4.69) is 9.71 Å².